The summed E-state index contributed by atoms with van der Waals surface area (Å²) in [7, 11) is 4.98. The molecule has 0 radical (unpaired) electrons. The average molecular weight is 421 g/mol. The van der Waals surface area contributed by atoms with Gasteiger partial charge in [0.15, 0.2) is 11.4 Å². The molecule has 0 aliphatic carbocycles. The number of hydrogen-bond acceptors (Lipinski definition) is 6. The number of benzene rings is 3. The van der Waals surface area contributed by atoms with Crippen molar-refractivity contribution in [3.8, 4) is 34.3 Å². The van der Waals surface area contributed by atoms with Crippen LogP contribution in [0.1, 0.15) is 0 Å². The molecule has 0 saturated heterocycles. The molecule has 1 aromatic heterocycles. The number of nitrogens with one attached hydrogen (secondary N) is 1. The van der Waals surface area contributed by atoms with Crippen molar-refractivity contribution in [3.05, 3.63) is 72.8 Å². The molecule has 1 N–H and O–H groups in total. The van der Waals surface area contributed by atoms with Crippen LogP contribution in [0, 0.1) is 0 Å². The minimum Gasteiger partial charge on any atom is -0.497 e. The Labute approximate surface area is 179 Å². The Morgan fingerprint density at radius 3 is 2.13 bits per heavy atom. The van der Waals surface area contributed by atoms with E-state index in [0.717, 1.165) is 45.1 Å². The SMILES string of the molecule is COc1ccc(Nc2nc(-c3ccccc3OC)[n+](-c3ccccc3OC)s2)cc1. The highest BCUT2D eigenvalue weighted by Crippen LogP contribution is 2.32. The summed E-state index contributed by atoms with van der Waals surface area (Å²) in [4.78, 5) is 4.88. The maximum atomic E-state index is 5.59. The first-order chi connectivity index (χ1) is 14.7. The molecule has 6 nitrogen and oxygen atoms in total. The third-order valence-corrected chi connectivity index (χ3v) is 5.49. The molecular formula is C23H22N3O3S+. The highest BCUT2D eigenvalue weighted by atomic mass is 32.1. The van der Waals surface area contributed by atoms with E-state index in [4.69, 9.17) is 19.2 Å². The summed E-state index contributed by atoms with van der Waals surface area (Å²) in [5.74, 6) is 3.08. The lowest BCUT2D eigenvalue weighted by Crippen LogP contribution is -2.28. The van der Waals surface area contributed by atoms with Crippen LogP contribution in [0.2, 0.25) is 0 Å². The van der Waals surface area contributed by atoms with Crippen LogP contribution in [0.25, 0.3) is 17.1 Å². The average Bonchev–Trinajstić information content (AvgIpc) is 3.22. The highest BCUT2D eigenvalue weighted by Gasteiger charge is 2.28. The number of nitrogens with zero attached hydrogens (tertiary/aromatic N) is 2. The van der Waals surface area contributed by atoms with Crippen LogP contribution < -0.4 is 23.5 Å². The predicted octanol–water partition coefficient (Wildman–Crippen LogP) is 4.86. The van der Waals surface area contributed by atoms with Gasteiger partial charge in [-0.2, -0.15) is 0 Å². The van der Waals surface area contributed by atoms with Crippen LogP contribution >= 0.6 is 11.5 Å². The van der Waals surface area contributed by atoms with Gasteiger partial charge in [0.05, 0.1) is 21.3 Å². The van der Waals surface area contributed by atoms with Gasteiger partial charge >= 0.3 is 11.0 Å². The monoisotopic (exact) mass is 420 g/mol. The second kappa shape index (κ2) is 8.84. The molecule has 0 atom stereocenters. The van der Waals surface area contributed by atoms with Crippen LogP contribution in [-0.2, 0) is 0 Å². The van der Waals surface area contributed by atoms with E-state index < -0.39 is 0 Å². The van der Waals surface area contributed by atoms with Gasteiger partial charge in [0.1, 0.15) is 28.6 Å². The number of methoxy groups -OCH3 is 3. The molecule has 7 heteroatoms. The zero-order chi connectivity index (χ0) is 20.9. The molecule has 0 fully saturated rings. The summed E-state index contributed by atoms with van der Waals surface area (Å²) in [6.45, 7) is 0. The van der Waals surface area contributed by atoms with Crippen LogP contribution in [0.5, 0.6) is 17.2 Å². The molecule has 0 unspecified atom stereocenters. The maximum Gasteiger partial charge on any atom is 0.354 e. The fraction of sp³-hybridized carbons (Fsp3) is 0.130. The standard InChI is InChI=1S/C23H21N3O3S/c1-27-17-14-12-16(13-15-17)24-23-25-22(18-8-4-6-10-20(18)28-2)26(30-23)19-9-5-7-11-21(19)29-3/h4-15H,1-3H3/p+1. The molecule has 1 heterocycles. The number of ether oxygens (including phenoxy) is 3. The number of aromatic nitrogens is 2. The van der Waals surface area contributed by atoms with Gasteiger partial charge in [-0.15, -0.1) is 3.96 Å². The third-order valence-electron chi connectivity index (χ3n) is 4.57. The molecule has 3 aromatic carbocycles. The first kappa shape index (κ1) is 19.7. The van der Waals surface area contributed by atoms with Crippen molar-refractivity contribution in [2.75, 3.05) is 26.6 Å². The lowest BCUT2D eigenvalue weighted by atomic mass is 10.2. The summed E-state index contributed by atoms with van der Waals surface area (Å²) < 4.78 is 18.5. The molecule has 30 heavy (non-hydrogen) atoms. The van der Waals surface area contributed by atoms with Crippen LogP contribution in [0.4, 0.5) is 10.8 Å². The summed E-state index contributed by atoms with van der Waals surface area (Å²) in [5.41, 5.74) is 2.72. The van der Waals surface area contributed by atoms with E-state index in [2.05, 4.69) is 5.32 Å². The minimum atomic E-state index is 0.743. The van der Waals surface area contributed by atoms with Gasteiger partial charge in [-0.25, -0.2) is 0 Å². The Balaban J connectivity index is 1.82. The highest BCUT2D eigenvalue weighted by molar-refractivity contribution is 7.06. The van der Waals surface area contributed by atoms with E-state index in [0.29, 0.717) is 0 Å². The molecule has 4 aromatic rings. The Morgan fingerprint density at radius 1 is 0.767 bits per heavy atom. The molecule has 0 aliphatic heterocycles. The Bertz CT molecular complexity index is 1080. The summed E-state index contributed by atoms with van der Waals surface area (Å²) in [6.07, 6.45) is 0. The van der Waals surface area contributed by atoms with E-state index in [1.807, 2.05) is 76.8 Å². The molecule has 152 valence electrons. The molecule has 0 aliphatic rings. The molecular weight excluding hydrogens is 398 g/mol. The quantitative estimate of drug-likeness (QED) is 0.433. The largest absolute Gasteiger partial charge is 0.497 e. The first-order valence-electron chi connectivity index (χ1n) is 9.34. The topological polar surface area (TPSA) is 56.5 Å². The fourth-order valence-electron chi connectivity index (χ4n) is 3.10. The van der Waals surface area contributed by atoms with Gasteiger partial charge in [-0.1, -0.05) is 24.3 Å². The Kier molecular flexibility index (Phi) is 5.81. The molecule has 0 spiro atoms. The van der Waals surface area contributed by atoms with Gasteiger partial charge in [-0.05, 0) is 53.5 Å². The van der Waals surface area contributed by atoms with E-state index in [-0.39, 0.29) is 0 Å². The van der Waals surface area contributed by atoms with Crippen LogP contribution in [0.3, 0.4) is 0 Å². The number of para-hydroxylation sites is 3. The minimum absolute atomic E-state index is 0.743. The lowest BCUT2D eigenvalue weighted by molar-refractivity contribution is -0.510. The number of anilines is 2. The second-order valence-corrected chi connectivity index (χ2v) is 7.29. The first-order valence-corrected chi connectivity index (χ1v) is 10.1. The van der Waals surface area contributed by atoms with Crippen molar-refractivity contribution in [1.29, 1.82) is 0 Å². The normalized spacial score (nSPS) is 10.5. The Morgan fingerprint density at radius 2 is 1.43 bits per heavy atom. The lowest BCUT2D eigenvalue weighted by Gasteiger charge is -2.06. The van der Waals surface area contributed by atoms with Crippen molar-refractivity contribution in [1.82, 2.24) is 4.98 Å². The molecule has 4 rings (SSSR count). The zero-order valence-corrected chi connectivity index (χ0v) is 17.8. The molecule has 0 amide bonds. The summed E-state index contributed by atoms with van der Waals surface area (Å²) in [5, 5.41) is 4.12. The molecule has 0 bridgehead atoms. The maximum absolute atomic E-state index is 5.59. The van der Waals surface area contributed by atoms with Crippen molar-refractivity contribution in [2.45, 2.75) is 0 Å². The number of hydrogen-bond donors (Lipinski definition) is 1. The van der Waals surface area contributed by atoms with Crippen LogP contribution in [0.15, 0.2) is 72.8 Å². The van der Waals surface area contributed by atoms with Gasteiger partial charge in [0.2, 0.25) is 0 Å². The van der Waals surface area contributed by atoms with Crippen molar-refractivity contribution < 1.29 is 18.2 Å². The van der Waals surface area contributed by atoms with Gasteiger partial charge in [0, 0.05) is 5.69 Å². The van der Waals surface area contributed by atoms with Crippen molar-refractivity contribution >= 4 is 22.4 Å². The molecule has 0 saturated carbocycles. The summed E-state index contributed by atoms with van der Waals surface area (Å²) >= 11 is 1.49. The fourth-order valence-corrected chi connectivity index (χ4v) is 4.04. The van der Waals surface area contributed by atoms with Gasteiger partial charge < -0.3 is 19.5 Å². The number of rotatable bonds is 7. The van der Waals surface area contributed by atoms with E-state index in [9.17, 15) is 0 Å². The van der Waals surface area contributed by atoms with Crippen molar-refractivity contribution in [3.63, 3.8) is 0 Å². The summed E-state index contributed by atoms with van der Waals surface area (Å²) in [6, 6.07) is 23.4. The van der Waals surface area contributed by atoms with Gasteiger partial charge in [0.25, 0.3) is 0 Å². The predicted molar refractivity (Wildman–Crippen MR) is 118 cm³/mol. The van der Waals surface area contributed by atoms with E-state index in [1.54, 1.807) is 21.3 Å². The second-order valence-electron chi connectivity index (χ2n) is 6.35. The van der Waals surface area contributed by atoms with Crippen LogP contribution in [-0.4, -0.2) is 26.3 Å². The smallest absolute Gasteiger partial charge is 0.354 e. The van der Waals surface area contributed by atoms with E-state index in [1.165, 1.54) is 11.5 Å². The Hall–Kier alpha value is -3.58. The third kappa shape index (κ3) is 3.92. The van der Waals surface area contributed by atoms with E-state index >= 15 is 0 Å². The van der Waals surface area contributed by atoms with Crippen molar-refractivity contribution in [2.24, 2.45) is 0 Å². The van der Waals surface area contributed by atoms with Gasteiger partial charge in [-0.3, -0.25) is 0 Å². The zero-order valence-electron chi connectivity index (χ0n) is 17.0.